The van der Waals surface area contributed by atoms with Crippen LogP contribution in [-0.2, 0) is 23.1 Å². The van der Waals surface area contributed by atoms with Gasteiger partial charge in [-0.05, 0) is 30.7 Å². The molecule has 0 bridgehead atoms. The van der Waals surface area contributed by atoms with Crippen LogP contribution in [0.5, 0.6) is 0 Å². The number of anilines is 2. The van der Waals surface area contributed by atoms with Crippen LogP contribution in [0.25, 0.3) is 0 Å². The molecule has 0 amide bonds. The summed E-state index contributed by atoms with van der Waals surface area (Å²) in [5.74, 6) is -0.902. The van der Waals surface area contributed by atoms with Crippen LogP contribution in [0.15, 0.2) is 58.5 Å². The first-order chi connectivity index (χ1) is 15.2. The lowest BCUT2D eigenvalue weighted by Gasteiger charge is -2.15. The molecule has 0 fully saturated rings. The van der Waals surface area contributed by atoms with E-state index < -0.39 is 16.0 Å². The topological polar surface area (TPSA) is 151 Å². The van der Waals surface area contributed by atoms with Crippen LogP contribution in [0.2, 0.25) is 0 Å². The molecule has 1 aromatic heterocycles. The number of rotatable bonds is 6. The van der Waals surface area contributed by atoms with Gasteiger partial charge in [0.1, 0.15) is 5.82 Å². The van der Waals surface area contributed by atoms with E-state index in [0.717, 1.165) is 17.2 Å². The van der Waals surface area contributed by atoms with Gasteiger partial charge in [-0.3, -0.25) is 0 Å². The van der Waals surface area contributed by atoms with Crippen molar-refractivity contribution >= 4 is 34.0 Å². The lowest BCUT2D eigenvalue weighted by molar-refractivity contribution is 0.0696. The summed E-state index contributed by atoms with van der Waals surface area (Å²) in [6.45, 7) is 1.96. The van der Waals surface area contributed by atoms with Gasteiger partial charge in [-0.15, -0.1) is 0 Å². The Bertz CT molecular complexity index is 1340. The first-order valence-electron chi connectivity index (χ1n) is 9.58. The molecule has 0 atom stereocenters. The van der Waals surface area contributed by atoms with Crippen LogP contribution < -0.4 is 11.2 Å². The Hall–Kier alpha value is -3.83. The number of benzene rings is 2. The molecule has 0 aliphatic carbocycles. The Morgan fingerprint density at radius 3 is 2.72 bits per heavy atom. The normalized spacial score (nSPS) is 13.9. The predicted octanol–water partition coefficient (Wildman–Crippen LogP) is 2.22. The van der Waals surface area contributed by atoms with E-state index in [4.69, 9.17) is 10.8 Å². The minimum Gasteiger partial charge on any atom is -0.478 e. The van der Waals surface area contributed by atoms with Crippen LogP contribution in [0.3, 0.4) is 0 Å². The van der Waals surface area contributed by atoms with Crippen molar-refractivity contribution in [2.75, 3.05) is 11.2 Å². The molecule has 2 aromatic carbocycles. The smallest absolute Gasteiger partial charge is 0.335 e. The Morgan fingerprint density at radius 1 is 1.19 bits per heavy atom. The molecular weight excluding hydrogens is 432 g/mol. The van der Waals surface area contributed by atoms with Gasteiger partial charge in [-0.25, -0.2) is 23.6 Å². The Labute approximate surface area is 184 Å². The monoisotopic (exact) mass is 452 g/mol. The van der Waals surface area contributed by atoms with E-state index in [1.165, 1.54) is 22.5 Å². The van der Waals surface area contributed by atoms with Crippen LogP contribution in [0, 0.1) is 6.92 Å². The number of sulfonamides is 1. The Kier molecular flexibility index (Phi) is 5.59. The fourth-order valence-electron chi connectivity index (χ4n) is 3.33. The van der Waals surface area contributed by atoms with Crippen LogP contribution in [0.1, 0.15) is 32.7 Å². The molecular formula is C21H20N6O4S. The van der Waals surface area contributed by atoms with Gasteiger partial charge in [-0.2, -0.15) is 14.4 Å². The van der Waals surface area contributed by atoms with E-state index in [-0.39, 0.29) is 35.3 Å². The van der Waals surface area contributed by atoms with E-state index in [1.54, 1.807) is 6.21 Å². The molecule has 0 radical (unpaired) electrons. The van der Waals surface area contributed by atoms with E-state index in [1.807, 2.05) is 31.2 Å². The average molecular weight is 452 g/mol. The molecule has 32 heavy (non-hydrogen) atoms. The van der Waals surface area contributed by atoms with Gasteiger partial charge in [-0.1, -0.05) is 35.9 Å². The van der Waals surface area contributed by atoms with Crippen molar-refractivity contribution in [3.63, 3.8) is 0 Å². The number of aromatic nitrogens is 2. The maximum Gasteiger partial charge on any atom is 0.335 e. The highest BCUT2D eigenvalue weighted by atomic mass is 32.2. The summed E-state index contributed by atoms with van der Waals surface area (Å²) >= 11 is 0. The number of carbonyl (C=O) groups is 1. The van der Waals surface area contributed by atoms with Gasteiger partial charge in [0.15, 0.2) is 0 Å². The van der Waals surface area contributed by atoms with Gasteiger partial charge in [0.05, 0.1) is 28.9 Å². The molecule has 10 nitrogen and oxygen atoms in total. The third-order valence-electron chi connectivity index (χ3n) is 4.92. The second-order valence-electron chi connectivity index (χ2n) is 7.25. The summed E-state index contributed by atoms with van der Waals surface area (Å²) in [6.07, 6.45) is 1.62. The maximum atomic E-state index is 13.0. The van der Waals surface area contributed by atoms with Gasteiger partial charge < -0.3 is 10.8 Å². The molecule has 1 aliphatic heterocycles. The maximum absolute atomic E-state index is 13.0. The largest absolute Gasteiger partial charge is 0.478 e. The quantitative estimate of drug-likeness (QED) is 0.380. The zero-order valence-corrected chi connectivity index (χ0v) is 17.9. The van der Waals surface area contributed by atoms with Crippen molar-refractivity contribution in [2.24, 2.45) is 5.10 Å². The van der Waals surface area contributed by atoms with Gasteiger partial charge >= 0.3 is 5.97 Å². The number of aryl methyl sites for hydroxylation is 1. The zero-order valence-electron chi connectivity index (χ0n) is 17.1. The molecule has 3 aromatic rings. The van der Waals surface area contributed by atoms with Crippen LogP contribution in [-0.4, -0.2) is 40.0 Å². The third kappa shape index (κ3) is 4.29. The van der Waals surface area contributed by atoms with E-state index in [0.29, 0.717) is 11.3 Å². The molecule has 0 saturated heterocycles. The predicted molar refractivity (Wildman–Crippen MR) is 119 cm³/mol. The molecule has 0 unspecified atom stereocenters. The molecule has 2 heterocycles. The van der Waals surface area contributed by atoms with Gasteiger partial charge in [0.25, 0.3) is 0 Å². The number of aromatic carboxylic acids is 1. The zero-order chi connectivity index (χ0) is 22.9. The number of nitrogens with zero attached hydrogens (tertiary/aromatic N) is 4. The van der Waals surface area contributed by atoms with E-state index >= 15 is 0 Å². The number of carboxylic acid groups (broad SMARTS) is 1. The Balaban J connectivity index is 1.54. The number of carboxylic acids is 1. The fraction of sp³-hybridized carbons (Fsp3) is 0.143. The highest BCUT2D eigenvalue weighted by molar-refractivity contribution is 7.89. The second-order valence-corrected chi connectivity index (χ2v) is 9.19. The first kappa shape index (κ1) is 21.4. The van der Waals surface area contributed by atoms with Crippen molar-refractivity contribution in [3.8, 4) is 0 Å². The molecule has 11 heteroatoms. The summed E-state index contributed by atoms with van der Waals surface area (Å²) in [4.78, 5) is 19.6. The molecule has 164 valence electrons. The summed E-state index contributed by atoms with van der Waals surface area (Å²) in [5, 5.41) is 13.3. The van der Waals surface area contributed by atoms with Crippen molar-refractivity contribution < 1.29 is 18.3 Å². The minimum absolute atomic E-state index is 0.00631. The van der Waals surface area contributed by atoms with Crippen molar-refractivity contribution in [3.05, 3.63) is 76.5 Å². The van der Waals surface area contributed by atoms with E-state index in [9.17, 15) is 13.2 Å². The third-order valence-corrected chi connectivity index (χ3v) is 6.71. The van der Waals surface area contributed by atoms with E-state index in [2.05, 4.69) is 20.5 Å². The van der Waals surface area contributed by atoms with Crippen molar-refractivity contribution in [1.29, 1.82) is 0 Å². The van der Waals surface area contributed by atoms with Crippen molar-refractivity contribution in [2.45, 2.75) is 24.9 Å². The summed E-state index contributed by atoms with van der Waals surface area (Å²) in [7, 11) is -3.95. The number of hydrogen-bond acceptors (Lipinski definition) is 8. The Morgan fingerprint density at radius 2 is 1.97 bits per heavy atom. The number of nitrogens with one attached hydrogen (secondary N) is 1. The number of hydrazone groups is 1. The standard InChI is InChI=1S/C21H20N6O4S/c1-13-4-2-5-14(8-13)10-23-26-21-24-18-12-27(11-17(18)19(22)25-21)32(30,31)16-7-3-6-15(9-16)20(28)29/h2-10H,11-12H2,1H3,(H,28,29)(H3,22,24,25,26)/b23-10+. The van der Waals surface area contributed by atoms with Crippen LogP contribution >= 0.6 is 0 Å². The number of hydrogen-bond donors (Lipinski definition) is 3. The van der Waals surface area contributed by atoms with Gasteiger partial charge in [0.2, 0.25) is 16.0 Å². The highest BCUT2D eigenvalue weighted by Gasteiger charge is 2.34. The molecule has 1 aliphatic rings. The number of fused-ring (bicyclic) bond motifs is 1. The molecule has 0 saturated carbocycles. The number of nitrogens with two attached hydrogens (primary N) is 1. The minimum atomic E-state index is -3.95. The molecule has 4 N–H and O–H groups in total. The second kappa shape index (κ2) is 8.36. The molecule has 0 spiro atoms. The lowest BCUT2D eigenvalue weighted by atomic mass is 10.2. The SMILES string of the molecule is Cc1cccc(/C=N/Nc2nc(N)c3c(n2)CN(S(=O)(=O)c2cccc(C(=O)O)c2)C3)c1. The van der Waals surface area contributed by atoms with Crippen molar-refractivity contribution in [1.82, 2.24) is 14.3 Å². The summed E-state index contributed by atoms with van der Waals surface area (Å²) in [6, 6.07) is 13.0. The van der Waals surface area contributed by atoms with Gasteiger partial charge in [0, 0.05) is 12.1 Å². The summed E-state index contributed by atoms with van der Waals surface area (Å²) < 4.78 is 27.3. The highest BCUT2D eigenvalue weighted by Crippen LogP contribution is 2.31. The molecule has 4 rings (SSSR count). The lowest BCUT2D eigenvalue weighted by Crippen LogP contribution is -2.26. The summed E-state index contributed by atoms with van der Waals surface area (Å²) in [5.41, 5.74) is 11.6. The number of nitrogen functional groups attached to an aromatic ring is 1. The average Bonchev–Trinajstić information content (AvgIpc) is 3.20. The van der Waals surface area contributed by atoms with Crippen LogP contribution in [0.4, 0.5) is 11.8 Å². The first-order valence-corrected chi connectivity index (χ1v) is 11.0. The fourth-order valence-corrected chi connectivity index (χ4v) is 4.74.